The van der Waals surface area contributed by atoms with Gasteiger partial charge in [-0.15, -0.1) is 11.8 Å². The van der Waals surface area contributed by atoms with Gasteiger partial charge >= 0.3 is 0 Å². The lowest BCUT2D eigenvalue weighted by Gasteiger charge is -2.11. The molecule has 1 fully saturated rings. The fourth-order valence-electron chi connectivity index (χ4n) is 2.20. The van der Waals surface area contributed by atoms with Crippen molar-refractivity contribution in [1.29, 1.82) is 0 Å². The molecule has 1 saturated heterocycles. The lowest BCUT2D eigenvalue weighted by atomic mass is 10.1. The van der Waals surface area contributed by atoms with Gasteiger partial charge in [-0.25, -0.2) is 0 Å². The van der Waals surface area contributed by atoms with Crippen LogP contribution in [0, 0.1) is 0 Å². The maximum atomic E-state index is 11.9. The van der Waals surface area contributed by atoms with Crippen molar-refractivity contribution in [2.24, 2.45) is 0 Å². The fraction of sp³-hybridized carbons (Fsp3) is 0.500. The molecule has 1 unspecified atom stereocenters. The largest absolute Gasteiger partial charge is 0.326 e. The third-order valence-corrected chi connectivity index (χ3v) is 3.90. The predicted molar refractivity (Wildman–Crippen MR) is 77.1 cm³/mol. The minimum absolute atomic E-state index is 0.105. The minimum Gasteiger partial charge on any atom is -0.326 e. The molecule has 3 nitrogen and oxygen atoms in total. The predicted octanol–water partition coefficient (Wildman–Crippen LogP) is 2.88. The van der Waals surface area contributed by atoms with E-state index in [9.17, 15) is 4.79 Å². The number of carbonyl (C=O) groups is 1. The third kappa shape index (κ3) is 4.03. The first-order valence-corrected chi connectivity index (χ1v) is 7.52. The Hall–Kier alpha value is -1.00. The second-order valence-corrected chi connectivity index (χ2v) is 5.84. The number of amides is 1. The average Bonchev–Trinajstić information content (AvgIpc) is 2.82. The van der Waals surface area contributed by atoms with Crippen molar-refractivity contribution in [3.8, 4) is 0 Å². The van der Waals surface area contributed by atoms with Gasteiger partial charge in [-0.1, -0.05) is 13.0 Å². The van der Waals surface area contributed by atoms with Crippen molar-refractivity contribution in [3.63, 3.8) is 0 Å². The molecule has 0 aromatic heterocycles. The average molecular weight is 264 g/mol. The van der Waals surface area contributed by atoms with Crippen molar-refractivity contribution < 1.29 is 4.79 Å². The number of nitrogens with one attached hydrogen (secondary N) is 2. The van der Waals surface area contributed by atoms with Crippen molar-refractivity contribution in [2.45, 2.75) is 37.1 Å². The molecule has 0 saturated carbocycles. The monoisotopic (exact) mass is 264 g/mol. The maximum absolute atomic E-state index is 11.9. The third-order valence-electron chi connectivity index (χ3n) is 3.02. The molecule has 0 aliphatic carbocycles. The highest BCUT2D eigenvalue weighted by Crippen LogP contribution is 2.21. The Bertz CT molecular complexity index is 403. The summed E-state index contributed by atoms with van der Waals surface area (Å²) in [5.41, 5.74) is 0.899. The van der Waals surface area contributed by atoms with E-state index >= 15 is 0 Å². The zero-order valence-electron chi connectivity index (χ0n) is 10.7. The highest BCUT2D eigenvalue weighted by molar-refractivity contribution is 7.99. The van der Waals surface area contributed by atoms with Crippen LogP contribution in [0.2, 0.25) is 0 Å². The van der Waals surface area contributed by atoms with Crippen LogP contribution in [-0.4, -0.2) is 24.2 Å². The van der Waals surface area contributed by atoms with E-state index in [2.05, 4.69) is 23.6 Å². The molecular formula is C14H20N2OS. The topological polar surface area (TPSA) is 41.1 Å². The van der Waals surface area contributed by atoms with Crippen LogP contribution in [0.5, 0.6) is 0 Å². The Labute approximate surface area is 113 Å². The molecule has 1 aromatic rings. The molecule has 1 aliphatic heterocycles. The summed E-state index contributed by atoms with van der Waals surface area (Å²) >= 11 is 1.79. The van der Waals surface area contributed by atoms with Crippen molar-refractivity contribution in [1.82, 2.24) is 5.32 Å². The van der Waals surface area contributed by atoms with Gasteiger partial charge in [0, 0.05) is 23.0 Å². The standard InChI is InChI=1S/C14H20N2OS/c1-2-18-13-7-3-5-12(9-13)16-14(17)10-11-6-4-8-15-11/h3,5,7,9,11,15H,2,4,6,8,10H2,1H3,(H,16,17). The number of benzene rings is 1. The van der Waals surface area contributed by atoms with Gasteiger partial charge in [0.05, 0.1) is 0 Å². The molecule has 98 valence electrons. The summed E-state index contributed by atoms with van der Waals surface area (Å²) < 4.78 is 0. The zero-order chi connectivity index (χ0) is 12.8. The van der Waals surface area contributed by atoms with Crippen LogP contribution in [0.1, 0.15) is 26.2 Å². The lowest BCUT2D eigenvalue weighted by Crippen LogP contribution is -2.27. The first-order chi connectivity index (χ1) is 8.78. The van der Waals surface area contributed by atoms with Gasteiger partial charge in [0.2, 0.25) is 5.91 Å². The second-order valence-electron chi connectivity index (χ2n) is 4.51. The molecule has 1 amide bonds. The van der Waals surface area contributed by atoms with E-state index in [4.69, 9.17) is 0 Å². The smallest absolute Gasteiger partial charge is 0.225 e. The minimum atomic E-state index is 0.105. The SMILES string of the molecule is CCSc1cccc(NC(=O)CC2CCCN2)c1. The van der Waals surface area contributed by atoms with Crippen LogP contribution in [0.25, 0.3) is 0 Å². The van der Waals surface area contributed by atoms with Gasteiger partial charge in [-0.05, 0) is 43.3 Å². The number of carbonyl (C=O) groups excluding carboxylic acids is 1. The molecular weight excluding hydrogens is 244 g/mol. The zero-order valence-corrected chi connectivity index (χ0v) is 11.6. The Morgan fingerprint density at radius 3 is 3.17 bits per heavy atom. The molecule has 2 rings (SSSR count). The molecule has 1 aromatic carbocycles. The molecule has 1 heterocycles. The molecule has 1 atom stereocenters. The highest BCUT2D eigenvalue weighted by atomic mass is 32.2. The number of hydrogen-bond acceptors (Lipinski definition) is 3. The first kappa shape index (κ1) is 13.4. The molecule has 0 radical (unpaired) electrons. The summed E-state index contributed by atoms with van der Waals surface area (Å²) in [5, 5.41) is 6.32. The molecule has 1 aliphatic rings. The van der Waals surface area contributed by atoms with E-state index < -0.39 is 0 Å². The molecule has 18 heavy (non-hydrogen) atoms. The summed E-state index contributed by atoms with van der Waals surface area (Å²) in [4.78, 5) is 13.1. The van der Waals surface area contributed by atoms with E-state index in [0.29, 0.717) is 12.5 Å². The highest BCUT2D eigenvalue weighted by Gasteiger charge is 2.17. The summed E-state index contributed by atoms with van der Waals surface area (Å²) in [6.45, 7) is 3.17. The molecule has 0 spiro atoms. The summed E-state index contributed by atoms with van der Waals surface area (Å²) in [6.07, 6.45) is 2.87. The number of hydrogen-bond donors (Lipinski definition) is 2. The Kier molecular flexibility index (Phi) is 5.08. The van der Waals surface area contributed by atoms with Crippen LogP contribution in [0.15, 0.2) is 29.2 Å². The van der Waals surface area contributed by atoms with E-state index in [0.717, 1.165) is 24.4 Å². The number of rotatable bonds is 5. The van der Waals surface area contributed by atoms with Crippen LogP contribution in [0.4, 0.5) is 5.69 Å². The van der Waals surface area contributed by atoms with Crippen molar-refractivity contribution in [2.75, 3.05) is 17.6 Å². The Morgan fingerprint density at radius 1 is 1.56 bits per heavy atom. The molecule has 4 heteroatoms. The lowest BCUT2D eigenvalue weighted by molar-refractivity contribution is -0.116. The Balaban J connectivity index is 1.87. The van der Waals surface area contributed by atoms with Crippen LogP contribution in [-0.2, 0) is 4.79 Å². The second kappa shape index (κ2) is 6.81. The quantitative estimate of drug-likeness (QED) is 0.804. The summed E-state index contributed by atoms with van der Waals surface area (Å²) in [6, 6.07) is 8.40. The van der Waals surface area contributed by atoms with Gasteiger partial charge in [-0.3, -0.25) is 4.79 Å². The summed E-state index contributed by atoms with van der Waals surface area (Å²) in [7, 11) is 0. The van der Waals surface area contributed by atoms with E-state index in [1.807, 2.05) is 18.2 Å². The number of anilines is 1. The molecule has 0 bridgehead atoms. The molecule has 2 N–H and O–H groups in total. The van der Waals surface area contributed by atoms with Gasteiger partial charge in [0.1, 0.15) is 0 Å². The maximum Gasteiger partial charge on any atom is 0.225 e. The summed E-state index contributed by atoms with van der Waals surface area (Å²) in [5.74, 6) is 1.15. The van der Waals surface area contributed by atoms with Crippen LogP contribution in [0.3, 0.4) is 0 Å². The first-order valence-electron chi connectivity index (χ1n) is 6.54. The Morgan fingerprint density at radius 2 is 2.44 bits per heavy atom. The van der Waals surface area contributed by atoms with Gasteiger partial charge in [0.25, 0.3) is 0 Å². The van der Waals surface area contributed by atoms with Gasteiger partial charge < -0.3 is 10.6 Å². The van der Waals surface area contributed by atoms with Crippen molar-refractivity contribution in [3.05, 3.63) is 24.3 Å². The van der Waals surface area contributed by atoms with E-state index in [1.54, 1.807) is 11.8 Å². The van der Waals surface area contributed by atoms with Crippen molar-refractivity contribution >= 4 is 23.4 Å². The van der Waals surface area contributed by atoms with Crippen LogP contribution >= 0.6 is 11.8 Å². The van der Waals surface area contributed by atoms with E-state index in [-0.39, 0.29) is 5.91 Å². The van der Waals surface area contributed by atoms with Gasteiger partial charge in [-0.2, -0.15) is 0 Å². The number of thioether (sulfide) groups is 1. The normalized spacial score (nSPS) is 18.8. The van der Waals surface area contributed by atoms with Crippen LogP contribution < -0.4 is 10.6 Å². The van der Waals surface area contributed by atoms with E-state index in [1.165, 1.54) is 11.3 Å². The van der Waals surface area contributed by atoms with Gasteiger partial charge in [0.15, 0.2) is 0 Å². The fourth-order valence-corrected chi connectivity index (χ4v) is 2.92.